The van der Waals surface area contributed by atoms with E-state index in [-0.39, 0.29) is 11.8 Å². The van der Waals surface area contributed by atoms with Crippen LogP contribution < -0.4 is 4.74 Å². The predicted octanol–water partition coefficient (Wildman–Crippen LogP) is 2.03. The summed E-state index contributed by atoms with van der Waals surface area (Å²) in [7, 11) is 0. The van der Waals surface area contributed by atoms with Crippen LogP contribution in [0.15, 0.2) is 24.3 Å². The Morgan fingerprint density at radius 1 is 1.04 bits per heavy atom. The highest BCUT2D eigenvalue weighted by Crippen LogP contribution is 2.20. The molecule has 1 aromatic rings. The highest BCUT2D eigenvalue weighted by atomic mass is 16.5. The van der Waals surface area contributed by atoms with Gasteiger partial charge in [-0.1, -0.05) is 18.2 Å². The maximum Gasteiger partial charge on any atom is 0.236 e. The predicted molar refractivity (Wildman–Crippen MR) is 107 cm³/mol. The molecule has 1 aromatic carbocycles. The van der Waals surface area contributed by atoms with E-state index in [2.05, 4.69) is 4.90 Å². The number of hydrogen-bond donors (Lipinski definition) is 0. The van der Waals surface area contributed by atoms with Gasteiger partial charge in [-0.15, -0.1) is 0 Å². The third kappa shape index (κ3) is 6.24. The maximum atomic E-state index is 12.6. The van der Waals surface area contributed by atoms with Crippen molar-refractivity contribution in [3.8, 4) is 5.75 Å². The summed E-state index contributed by atoms with van der Waals surface area (Å²) in [4.78, 5) is 30.7. The fraction of sp³-hybridized carbons (Fsp3) is 0.619. The molecule has 0 spiro atoms. The molecule has 0 atom stereocenters. The lowest BCUT2D eigenvalue weighted by Crippen LogP contribution is -2.51. The fourth-order valence-corrected chi connectivity index (χ4v) is 3.43. The molecule has 1 saturated heterocycles. The average molecular weight is 376 g/mol. The lowest BCUT2D eigenvalue weighted by atomic mass is 10.1. The number of piperazine rings is 1. The van der Waals surface area contributed by atoms with Crippen molar-refractivity contribution >= 4 is 11.8 Å². The van der Waals surface area contributed by atoms with Crippen LogP contribution in [0.4, 0.5) is 0 Å². The summed E-state index contributed by atoms with van der Waals surface area (Å²) in [5.74, 6) is 1.22. The smallest absolute Gasteiger partial charge is 0.236 e. The summed E-state index contributed by atoms with van der Waals surface area (Å²) in [6.07, 6.45) is 1.18. The number of carbonyl (C=O) groups is 2. The van der Waals surface area contributed by atoms with E-state index in [4.69, 9.17) is 4.74 Å². The second kappa shape index (κ2) is 10.9. The lowest BCUT2D eigenvalue weighted by molar-refractivity contribution is -0.135. The maximum absolute atomic E-state index is 12.6. The van der Waals surface area contributed by atoms with E-state index in [0.29, 0.717) is 39.1 Å². The molecule has 6 heteroatoms. The van der Waals surface area contributed by atoms with Gasteiger partial charge in [0.25, 0.3) is 0 Å². The summed E-state index contributed by atoms with van der Waals surface area (Å²) in [6, 6.07) is 7.91. The number of nitrogens with zero attached hydrogens (tertiary/aromatic N) is 3. The van der Waals surface area contributed by atoms with Gasteiger partial charge in [-0.2, -0.15) is 0 Å². The van der Waals surface area contributed by atoms with Crippen LogP contribution >= 0.6 is 0 Å². The Morgan fingerprint density at radius 2 is 1.70 bits per heavy atom. The van der Waals surface area contributed by atoms with Gasteiger partial charge >= 0.3 is 0 Å². The van der Waals surface area contributed by atoms with Gasteiger partial charge in [-0.25, -0.2) is 0 Å². The molecule has 6 nitrogen and oxygen atoms in total. The van der Waals surface area contributed by atoms with E-state index >= 15 is 0 Å². The van der Waals surface area contributed by atoms with Crippen LogP contribution in [0.25, 0.3) is 0 Å². The second-order valence-corrected chi connectivity index (χ2v) is 6.76. The van der Waals surface area contributed by atoms with E-state index in [9.17, 15) is 9.59 Å². The largest absolute Gasteiger partial charge is 0.494 e. The van der Waals surface area contributed by atoms with Crippen LogP contribution in [0.2, 0.25) is 0 Å². The molecule has 0 bridgehead atoms. The Bertz CT molecular complexity index is 608. The standard InChI is InChI=1S/C21H33N3O3/c1-4-23(5-2)21(26)17-22-13-15-24(16-14-22)20(25)12-11-18-9-7-8-10-19(18)27-6-3/h7-10H,4-6,11-17H2,1-3H3. The van der Waals surface area contributed by atoms with Crippen LogP contribution in [0.5, 0.6) is 5.75 Å². The van der Waals surface area contributed by atoms with E-state index in [1.165, 1.54) is 0 Å². The Morgan fingerprint density at radius 3 is 2.33 bits per heavy atom. The molecular formula is C21H33N3O3. The van der Waals surface area contributed by atoms with E-state index in [1.54, 1.807) is 0 Å². The van der Waals surface area contributed by atoms with Gasteiger partial charge in [0.1, 0.15) is 5.75 Å². The molecule has 0 aliphatic carbocycles. The number of rotatable bonds is 9. The van der Waals surface area contributed by atoms with Crippen molar-refractivity contribution in [2.45, 2.75) is 33.6 Å². The van der Waals surface area contributed by atoms with Gasteiger partial charge in [0.2, 0.25) is 11.8 Å². The number of hydrogen-bond acceptors (Lipinski definition) is 4. The zero-order valence-corrected chi connectivity index (χ0v) is 16.9. The number of carbonyl (C=O) groups excluding carboxylic acids is 2. The molecule has 0 radical (unpaired) electrons. The topological polar surface area (TPSA) is 53.1 Å². The first-order valence-electron chi connectivity index (χ1n) is 10.1. The number of amides is 2. The third-order valence-corrected chi connectivity index (χ3v) is 5.08. The number of aryl methyl sites for hydroxylation is 1. The number of ether oxygens (including phenoxy) is 1. The van der Waals surface area contributed by atoms with Crippen molar-refractivity contribution in [3.05, 3.63) is 29.8 Å². The van der Waals surface area contributed by atoms with Crippen LogP contribution in [0.1, 0.15) is 32.8 Å². The minimum atomic E-state index is 0.173. The molecule has 27 heavy (non-hydrogen) atoms. The highest BCUT2D eigenvalue weighted by molar-refractivity contribution is 5.78. The first-order valence-corrected chi connectivity index (χ1v) is 10.1. The molecule has 1 aliphatic heterocycles. The van der Waals surface area contributed by atoms with Gasteiger partial charge < -0.3 is 14.5 Å². The summed E-state index contributed by atoms with van der Waals surface area (Å²) < 4.78 is 5.64. The van der Waals surface area contributed by atoms with Crippen molar-refractivity contribution in [1.29, 1.82) is 0 Å². The summed E-state index contributed by atoms with van der Waals surface area (Å²) >= 11 is 0. The van der Waals surface area contributed by atoms with Crippen molar-refractivity contribution in [1.82, 2.24) is 14.7 Å². The van der Waals surface area contributed by atoms with Gasteiger partial charge in [-0.05, 0) is 38.8 Å². The van der Waals surface area contributed by atoms with Crippen LogP contribution in [-0.2, 0) is 16.0 Å². The van der Waals surface area contributed by atoms with Gasteiger partial charge in [0, 0.05) is 45.7 Å². The number of para-hydroxylation sites is 1. The fourth-order valence-electron chi connectivity index (χ4n) is 3.43. The molecule has 0 unspecified atom stereocenters. The molecule has 0 N–H and O–H groups in total. The normalized spacial score (nSPS) is 14.9. The van der Waals surface area contributed by atoms with Crippen molar-refractivity contribution < 1.29 is 14.3 Å². The zero-order chi connectivity index (χ0) is 19.6. The van der Waals surface area contributed by atoms with E-state index in [1.807, 2.05) is 54.8 Å². The number of likely N-dealkylation sites (N-methyl/N-ethyl adjacent to an activating group) is 1. The minimum absolute atomic E-state index is 0.173. The summed E-state index contributed by atoms with van der Waals surface area (Å²) in [5.41, 5.74) is 1.08. The molecule has 0 saturated carbocycles. The van der Waals surface area contributed by atoms with Gasteiger partial charge in [-0.3, -0.25) is 14.5 Å². The van der Waals surface area contributed by atoms with Crippen molar-refractivity contribution in [2.24, 2.45) is 0 Å². The van der Waals surface area contributed by atoms with E-state index in [0.717, 1.165) is 37.5 Å². The molecule has 1 aliphatic rings. The highest BCUT2D eigenvalue weighted by Gasteiger charge is 2.23. The van der Waals surface area contributed by atoms with E-state index < -0.39 is 0 Å². The van der Waals surface area contributed by atoms with Gasteiger partial charge in [0.15, 0.2) is 0 Å². The van der Waals surface area contributed by atoms with Crippen LogP contribution in [-0.4, -0.2) is 78.9 Å². The average Bonchev–Trinajstić information content (AvgIpc) is 2.69. The first-order chi connectivity index (χ1) is 13.1. The Hall–Kier alpha value is -2.08. The molecule has 150 valence electrons. The molecule has 1 fully saturated rings. The lowest BCUT2D eigenvalue weighted by Gasteiger charge is -2.35. The van der Waals surface area contributed by atoms with Gasteiger partial charge in [0.05, 0.1) is 13.2 Å². The molecule has 2 rings (SSSR count). The first kappa shape index (κ1) is 21.2. The van der Waals surface area contributed by atoms with Crippen molar-refractivity contribution in [3.63, 3.8) is 0 Å². The molecular weight excluding hydrogens is 342 g/mol. The summed E-state index contributed by atoms with van der Waals surface area (Å²) in [6.45, 7) is 11.4. The number of benzene rings is 1. The molecule has 1 heterocycles. The van der Waals surface area contributed by atoms with Crippen LogP contribution in [0, 0.1) is 0 Å². The quantitative estimate of drug-likeness (QED) is 0.663. The van der Waals surface area contributed by atoms with Crippen molar-refractivity contribution in [2.75, 3.05) is 52.4 Å². The monoisotopic (exact) mass is 375 g/mol. The Labute approximate surface area is 163 Å². The molecule has 2 amide bonds. The molecule has 0 aromatic heterocycles. The Kier molecular flexibility index (Phi) is 8.58. The second-order valence-electron chi connectivity index (χ2n) is 6.76. The van der Waals surface area contributed by atoms with Crippen LogP contribution in [0.3, 0.4) is 0 Å². The SMILES string of the molecule is CCOc1ccccc1CCC(=O)N1CCN(CC(=O)N(CC)CC)CC1. The third-order valence-electron chi connectivity index (χ3n) is 5.08. The Balaban J connectivity index is 1.77. The zero-order valence-electron chi connectivity index (χ0n) is 16.9. The minimum Gasteiger partial charge on any atom is -0.494 e. The summed E-state index contributed by atoms with van der Waals surface area (Å²) in [5, 5.41) is 0.